The molecule has 0 amide bonds. The van der Waals surface area contributed by atoms with Gasteiger partial charge in [-0.2, -0.15) is 0 Å². The van der Waals surface area contributed by atoms with E-state index in [0.29, 0.717) is 29.9 Å². The van der Waals surface area contributed by atoms with Gasteiger partial charge in [0.15, 0.2) is 11.4 Å². The molecule has 0 radical (unpaired) electrons. The molecule has 0 bridgehead atoms. The summed E-state index contributed by atoms with van der Waals surface area (Å²) in [5, 5.41) is 10.1. The van der Waals surface area contributed by atoms with Crippen molar-refractivity contribution in [2.45, 2.75) is 26.7 Å². The van der Waals surface area contributed by atoms with E-state index in [-0.39, 0.29) is 17.0 Å². The molecule has 3 rings (SSSR count). The average molecular weight is 257 g/mol. The molecule has 0 aromatic carbocycles. The number of aliphatic hydroxyl groups excluding tert-OH is 1. The SMILES string of the molecule is CC1(C)CC(=O)C(c2nc3ncccc3[nH]2)=C(O)C1. The lowest BCUT2D eigenvalue weighted by molar-refractivity contribution is -0.116. The van der Waals surface area contributed by atoms with E-state index in [1.54, 1.807) is 12.3 Å². The number of H-pyrrole nitrogens is 1. The van der Waals surface area contributed by atoms with E-state index in [9.17, 15) is 9.90 Å². The summed E-state index contributed by atoms with van der Waals surface area (Å²) in [5.41, 5.74) is 1.41. The Labute approximate surface area is 110 Å². The molecule has 5 nitrogen and oxygen atoms in total. The second-order valence-corrected chi connectivity index (χ2v) is 5.72. The lowest BCUT2D eigenvalue weighted by atomic mass is 9.76. The molecule has 19 heavy (non-hydrogen) atoms. The maximum absolute atomic E-state index is 12.2. The zero-order valence-electron chi connectivity index (χ0n) is 10.9. The number of hydrogen-bond donors (Lipinski definition) is 2. The Morgan fingerprint density at radius 2 is 2.16 bits per heavy atom. The summed E-state index contributed by atoms with van der Waals surface area (Å²) in [6.45, 7) is 3.94. The van der Waals surface area contributed by atoms with Crippen LogP contribution >= 0.6 is 0 Å². The first-order valence-electron chi connectivity index (χ1n) is 6.23. The summed E-state index contributed by atoms with van der Waals surface area (Å²) >= 11 is 0. The van der Waals surface area contributed by atoms with E-state index in [1.165, 1.54) is 0 Å². The third-order valence-electron chi connectivity index (χ3n) is 3.35. The fourth-order valence-electron chi connectivity index (χ4n) is 2.52. The minimum Gasteiger partial charge on any atom is -0.511 e. The minimum atomic E-state index is -0.199. The number of ketones is 1. The Kier molecular flexibility index (Phi) is 2.45. The van der Waals surface area contributed by atoms with Crippen LogP contribution in [0.2, 0.25) is 0 Å². The number of fused-ring (bicyclic) bond motifs is 1. The van der Waals surface area contributed by atoms with Crippen molar-refractivity contribution in [2.24, 2.45) is 5.41 Å². The van der Waals surface area contributed by atoms with Crippen molar-refractivity contribution in [2.75, 3.05) is 0 Å². The Morgan fingerprint density at radius 3 is 2.84 bits per heavy atom. The monoisotopic (exact) mass is 257 g/mol. The van der Waals surface area contributed by atoms with Gasteiger partial charge in [-0.3, -0.25) is 4.79 Å². The standard InChI is InChI=1S/C14H15N3O2/c1-14(2)6-9(18)11(10(19)7-14)13-16-8-4-3-5-15-12(8)17-13/h3-5,18H,6-7H2,1-2H3,(H,15,16,17). The number of carbonyl (C=O) groups excluding carboxylic acids is 1. The Morgan fingerprint density at radius 1 is 1.37 bits per heavy atom. The Balaban J connectivity index is 2.12. The summed E-state index contributed by atoms with van der Waals surface area (Å²) in [6, 6.07) is 3.64. The van der Waals surface area contributed by atoms with Crippen LogP contribution in [-0.4, -0.2) is 25.8 Å². The summed E-state index contributed by atoms with van der Waals surface area (Å²) < 4.78 is 0. The largest absolute Gasteiger partial charge is 0.511 e. The number of hydrogen-bond acceptors (Lipinski definition) is 4. The lowest BCUT2D eigenvalue weighted by Gasteiger charge is -2.28. The number of aromatic nitrogens is 3. The van der Waals surface area contributed by atoms with Gasteiger partial charge in [-0.15, -0.1) is 0 Å². The van der Waals surface area contributed by atoms with Gasteiger partial charge in [0, 0.05) is 19.0 Å². The van der Waals surface area contributed by atoms with E-state index in [0.717, 1.165) is 5.52 Å². The van der Waals surface area contributed by atoms with Crippen LogP contribution in [0.1, 0.15) is 32.5 Å². The van der Waals surface area contributed by atoms with Gasteiger partial charge in [-0.1, -0.05) is 13.8 Å². The van der Waals surface area contributed by atoms with Gasteiger partial charge >= 0.3 is 0 Å². The molecular weight excluding hydrogens is 242 g/mol. The third kappa shape index (κ3) is 2.01. The van der Waals surface area contributed by atoms with Crippen LogP contribution in [0.5, 0.6) is 0 Å². The van der Waals surface area contributed by atoms with Crippen molar-refractivity contribution < 1.29 is 9.90 Å². The molecule has 2 N–H and O–H groups in total. The molecular formula is C14H15N3O2. The maximum atomic E-state index is 12.2. The highest BCUT2D eigenvalue weighted by Crippen LogP contribution is 2.38. The first-order valence-corrected chi connectivity index (χ1v) is 6.23. The van der Waals surface area contributed by atoms with Crippen molar-refractivity contribution in [3.05, 3.63) is 29.9 Å². The molecule has 98 valence electrons. The highest BCUT2D eigenvalue weighted by molar-refractivity contribution is 6.21. The molecule has 0 saturated heterocycles. The van der Waals surface area contributed by atoms with Crippen LogP contribution in [0.15, 0.2) is 24.1 Å². The number of Topliss-reactive ketones (excluding diaryl/α,β-unsaturated/α-hetero) is 1. The van der Waals surface area contributed by atoms with E-state index >= 15 is 0 Å². The van der Waals surface area contributed by atoms with Crippen LogP contribution in [0.4, 0.5) is 0 Å². The van der Waals surface area contributed by atoms with Crippen molar-refractivity contribution in [1.29, 1.82) is 0 Å². The Bertz CT molecular complexity index is 665. The molecule has 0 aliphatic heterocycles. The molecule has 0 unspecified atom stereocenters. The quantitative estimate of drug-likeness (QED) is 0.823. The average Bonchev–Trinajstić information content (AvgIpc) is 2.68. The van der Waals surface area contributed by atoms with Gasteiger partial charge < -0.3 is 10.1 Å². The molecule has 2 aromatic heterocycles. The molecule has 1 aliphatic carbocycles. The van der Waals surface area contributed by atoms with Gasteiger partial charge in [-0.25, -0.2) is 9.97 Å². The number of nitrogens with one attached hydrogen (secondary N) is 1. The van der Waals surface area contributed by atoms with Gasteiger partial charge in [0.2, 0.25) is 0 Å². The number of aromatic amines is 1. The predicted octanol–water partition coefficient (Wildman–Crippen LogP) is 2.62. The highest BCUT2D eigenvalue weighted by Gasteiger charge is 2.34. The second-order valence-electron chi connectivity index (χ2n) is 5.72. The molecule has 0 fully saturated rings. The fourth-order valence-corrected chi connectivity index (χ4v) is 2.52. The fraction of sp³-hybridized carbons (Fsp3) is 0.357. The molecule has 1 aliphatic rings. The molecule has 0 saturated carbocycles. The molecule has 2 heterocycles. The topological polar surface area (TPSA) is 78.9 Å². The third-order valence-corrected chi connectivity index (χ3v) is 3.35. The van der Waals surface area contributed by atoms with Crippen molar-refractivity contribution in [1.82, 2.24) is 15.0 Å². The maximum Gasteiger partial charge on any atom is 0.178 e. The zero-order valence-corrected chi connectivity index (χ0v) is 10.9. The number of allylic oxidation sites excluding steroid dienone is 2. The highest BCUT2D eigenvalue weighted by atomic mass is 16.3. The van der Waals surface area contributed by atoms with Crippen LogP contribution in [0, 0.1) is 5.41 Å². The Hall–Kier alpha value is -2.17. The molecule has 5 heteroatoms. The lowest BCUT2D eigenvalue weighted by Crippen LogP contribution is -2.25. The number of rotatable bonds is 1. The second kappa shape index (κ2) is 3.91. The van der Waals surface area contributed by atoms with E-state index < -0.39 is 0 Å². The van der Waals surface area contributed by atoms with Crippen LogP contribution < -0.4 is 0 Å². The minimum absolute atomic E-state index is 0.0761. The number of pyridine rings is 1. The first kappa shape index (κ1) is 11.9. The zero-order chi connectivity index (χ0) is 13.6. The summed E-state index contributed by atoms with van der Waals surface area (Å²) in [4.78, 5) is 23.6. The summed E-state index contributed by atoms with van der Waals surface area (Å²) in [5.74, 6) is 0.444. The van der Waals surface area contributed by atoms with Gasteiger partial charge in [-0.05, 0) is 17.5 Å². The van der Waals surface area contributed by atoms with E-state index in [1.807, 2.05) is 19.9 Å². The summed E-state index contributed by atoms with van der Waals surface area (Å²) in [6.07, 6.45) is 2.54. The predicted molar refractivity (Wildman–Crippen MR) is 71.5 cm³/mol. The number of carbonyl (C=O) groups is 1. The summed E-state index contributed by atoms with van der Waals surface area (Å²) in [7, 11) is 0. The number of aliphatic hydroxyl groups is 1. The van der Waals surface area contributed by atoms with Crippen molar-refractivity contribution >= 4 is 22.5 Å². The van der Waals surface area contributed by atoms with Crippen LogP contribution in [-0.2, 0) is 4.79 Å². The number of imidazole rings is 1. The van der Waals surface area contributed by atoms with Gasteiger partial charge in [0.1, 0.15) is 11.6 Å². The first-order chi connectivity index (χ1) is 8.96. The van der Waals surface area contributed by atoms with Gasteiger partial charge in [0.25, 0.3) is 0 Å². The van der Waals surface area contributed by atoms with E-state index in [4.69, 9.17) is 0 Å². The number of nitrogens with zero attached hydrogens (tertiary/aromatic N) is 2. The molecule has 2 aromatic rings. The normalized spacial score (nSPS) is 19.2. The van der Waals surface area contributed by atoms with Gasteiger partial charge in [0.05, 0.1) is 11.1 Å². The van der Waals surface area contributed by atoms with Crippen LogP contribution in [0.25, 0.3) is 16.7 Å². The smallest absolute Gasteiger partial charge is 0.178 e. The van der Waals surface area contributed by atoms with E-state index in [2.05, 4.69) is 15.0 Å². The van der Waals surface area contributed by atoms with Crippen LogP contribution in [0.3, 0.4) is 0 Å². The molecule has 0 atom stereocenters. The van der Waals surface area contributed by atoms with Crippen molar-refractivity contribution in [3.8, 4) is 0 Å². The molecule has 0 spiro atoms. The van der Waals surface area contributed by atoms with Crippen molar-refractivity contribution in [3.63, 3.8) is 0 Å².